The number of rotatable bonds is 3. The zero-order chi connectivity index (χ0) is 10.1. The molecular formula is C9H10N2O3. The fraction of sp³-hybridized carbons (Fsp3) is 0.333. The van der Waals surface area contributed by atoms with E-state index < -0.39 is 4.92 Å². The summed E-state index contributed by atoms with van der Waals surface area (Å²) in [5.74, 6) is 0. The van der Waals surface area contributed by atoms with Gasteiger partial charge in [0.05, 0.1) is 23.6 Å². The number of benzene rings is 1. The second-order valence-corrected chi connectivity index (χ2v) is 3.28. The smallest absolute Gasteiger partial charge is 0.269 e. The molecule has 1 heterocycles. The van der Waals surface area contributed by atoms with Crippen molar-refractivity contribution in [2.45, 2.75) is 12.1 Å². The van der Waals surface area contributed by atoms with Crippen LogP contribution in [0.25, 0.3) is 0 Å². The van der Waals surface area contributed by atoms with E-state index in [0.29, 0.717) is 0 Å². The van der Waals surface area contributed by atoms with E-state index >= 15 is 0 Å². The lowest BCUT2D eigenvalue weighted by Gasteiger charge is -1.96. The predicted molar refractivity (Wildman–Crippen MR) is 49.8 cm³/mol. The molecule has 0 radical (unpaired) electrons. The van der Waals surface area contributed by atoms with Gasteiger partial charge in [-0.05, 0) is 5.56 Å². The molecule has 5 heteroatoms. The highest BCUT2D eigenvalue weighted by atomic mass is 16.6. The molecule has 2 rings (SSSR count). The maximum atomic E-state index is 10.4. The molecule has 5 nitrogen and oxygen atoms in total. The molecule has 0 saturated carbocycles. The van der Waals surface area contributed by atoms with Crippen LogP contribution in [0.3, 0.4) is 0 Å². The second-order valence-electron chi connectivity index (χ2n) is 3.28. The topological polar surface area (TPSA) is 85.3 Å². The number of non-ortho nitro benzene ring substituents is 1. The number of nitrogens with zero attached hydrogens (tertiary/aromatic N) is 1. The van der Waals surface area contributed by atoms with E-state index in [9.17, 15) is 10.1 Å². The number of aliphatic hydroxyl groups excluding tert-OH is 1. The largest absolute Gasteiger partial charge is 0.395 e. The van der Waals surface area contributed by atoms with Crippen molar-refractivity contribution in [1.82, 2.24) is 5.32 Å². The van der Waals surface area contributed by atoms with Crippen molar-refractivity contribution >= 4 is 5.69 Å². The minimum absolute atomic E-state index is 0.0925. The maximum absolute atomic E-state index is 10.4. The van der Waals surface area contributed by atoms with E-state index in [0.717, 1.165) is 5.56 Å². The normalized spacial score (nSPS) is 24.6. The van der Waals surface area contributed by atoms with Crippen LogP contribution in [0.1, 0.15) is 11.6 Å². The summed E-state index contributed by atoms with van der Waals surface area (Å²) >= 11 is 0. The molecule has 0 bridgehead atoms. The van der Waals surface area contributed by atoms with E-state index in [-0.39, 0.29) is 24.4 Å². The van der Waals surface area contributed by atoms with E-state index in [2.05, 4.69) is 5.32 Å². The molecule has 0 spiro atoms. The minimum atomic E-state index is -0.423. The molecule has 14 heavy (non-hydrogen) atoms. The monoisotopic (exact) mass is 194 g/mol. The highest BCUT2D eigenvalue weighted by molar-refractivity contribution is 5.36. The highest BCUT2D eigenvalue weighted by Gasteiger charge is 2.36. The molecule has 0 aliphatic carbocycles. The minimum Gasteiger partial charge on any atom is -0.395 e. The Morgan fingerprint density at radius 2 is 2.07 bits per heavy atom. The van der Waals surface area contributed by atoms with Gasteiger partial charge in [-0.2, -0.15) is 0 Å². The lowest BCUT2D eigenvalue weighted by atomic mass is 10.1. The van der Waals surface area contributed by atoms with Crippen LogP contribution in [0, 0.1) is 10.1 Å². The Labute approximate surface area is 80.5 Å². The van der Waals surface area contributed by atoms with Gasteiger partial charge in [0.1, 0.15) is 0 Å². The Kier molecular flexibility index (Phi) is 2.18. The molecule has 0 amide bonds. The second kappa shape index (κ2) is 3.36. The first-order valence-electron chi connectivity index (χ1n) is 4.33. The first-order chi connectivity index (χ1) is 6.72. The summed E-state index contributed by atoms with van der Waals surface area (Å²) in [5, 5.41) is 22.2. The molecule has 2 N–H and O–H groups in total. The third-order valence-corrected chi connectivity index (χ3v) is 2.35. The van der Waals surface area contributed by atoms with E-state index in [1.165, 1.54) is 12.1 Å². The number of aliphatic hydroxyl groups is 1. The molecule has 2 atom stereocenters. The van der Waals surface area contributed by atoms with Crippen LogP contribution < -0.4 is 5.32 Å². The van der Waals surface area contributed by atoms with Crippen molar-refractivity contribution < 1.29 is 10.0 Å². The van der Waals surface area contributed by atoms with Gasteiger partial charge in [0, 0.05) is 12.1 Å². The zero-order valence-corrected chi connectivity index (χ0v) is 7.38. The lowest BCUT2D eigenvalue weighted by Crippen LogP contribution is -1.96. The summed E-state index contributed by atoms with van der Waals surface area (Å²) in [6, 6.07) is 6.64. The third-order valence-electron chi connectivity index (χ3n) is 2.35. The number of nitrogens with one attached hydrogen (secondary N) is 1. The summed E-state index contributed by atoms with van der Waals surface area (Å²) in [4.78, 5) is 9.95. The van der Waals surface area contributed by atoms with E-state index in [1.54, 1.807) is 12.1 Å². The molecule has 1 aliphatic rings. The molecule has 1 aromatic carbocycles. The van der Waals surface area contributed by atoms with Crippen LogP contribution >= 0.6 is 0 Å². The molecule has 1 saturated heterocycles. The van der Waals surface area contributed by atoms with Crippen molar-refractivity contribution in [2.24, 2.45) is 0 Å². The Morgan fingerprint density at radius 1 is 1.43 bits per heavy atom. The fourth-order valence-electron chi connectivity index (χ4n) is 1.47. The summed E-state index contributed by atoms with van der Waals surface area (Å²) in [6.07, 6.45) is 0. The standard InChI is InChI=1S/C9H10N2O3/c12-5-8-9(10-8)6-1-3-7(4-2-6)11(13)14/h1-4,8-10,12H,5H2. The van der Waals surface area contributed by atoms with Gasteiger partial charge < -0.3 is 10.4 Å². The average molecular weight is 194 g/mol. The molecule has 1 aliphatic heterocycles. The van der Waals surface area contributed by atoms with Crippen LogP contribution in [0.2, 0.25) is 0 Å². The van der Waals surface area contributed by atoms with Gasteiger partial charge in [-0.1, -0.05) is 12.1 Å². The van der Waals surface area contributed by atoms with Gasteiger partial charge in [0.15, 0.2) is 0 Å². The quantitative estimate of drug-likeness (QED) is 0.419. The van der Waals surface area contributed by atoms with Gasteiger partial charge in [-0.3, -0.25) is 10.1 Å². The average Bonchev–Trinajstić information content (AvgIpc) is 2.97. The van der Waals surface area contributed by atoms with Crippen LogP contribution in [0.5, 0.6) is 0 Å². The molecular weight excluding hydrogens is 184 g/mol. The Hall–Kier alpha value is -1.46. The van der Waals surface area contributed by atoms with Gasteiger partial charge >= 0.3 is 0 Å². The van der Waals surface area contributed by atoms with E-state index in [4.69, 9.17) is 5.11 Å². The lowest BCUT2D eigenvalue weighted by molar-refractivity contribution is -0.384. The van der Waals surface area contributed by atoms with Crippen LogP contribution in [-0.2, 0) is 0 Å². The van der Waals surface area contributed by atoms with Crippen LogP contribution in [-0.4, -0.2) is 22.7 Å². The first kappa shape index (κ1) is 9.11. The molecule has 0 aromatic heterocycles. The number of nitro benzene ring substituents is 1. The SMILES string of the molecule is O=[N+]([O-])c1ccc(C2NC2CO)cc1. The van der Waals surface area contributed by atoms with Crippen molar-refractivity contribution in [2.75, 3.05) is 6.61 Å². The highest BCUT2D eigenvalue weighted by Crippen LogP contribution is 2.29. The third kappa shape index (κ3) is 1.59. The van der Waals surface area contributed by atoms with Crippen molar-refractivity contribution in [1.29, 1.82) is 0 Å². The number of nitro groups is 1. The summed E-state index contributed by atoms with van der Waals surface area (Å²) in [7, 11) is 0. The van der Waals surface area contributed by atoms with Crippen molar-refractivity contribution in [3.8, 4) is 0 Å². The molecule has 2 unspecified atom stereocenters. The maximum Gasteiger partial charge on any atom is 0.269 e. The van der Waals surface area contributed by atoms with E-state index in [1.807, 2.05) is 0 Å². The van der Waals surface area contributed by atoms with Gasteiger partial charge in [-0.25, -0.2) is 0 Å². The van der Waals surface area contributed by atoms with Crippen LogP contribution in [0.15, 0.2) is 24.3 Å². The van der Waals surface area contributed by atoms with Gasteiger partial charge in [0.2, 0.25) is 0 Å². The molecule has 1 fully saturated rings. The molecule has 1 aromatic rings. The van der Waals surface area contributed by atoms with Gasteiger partial charge in [0.25, 0.3) is 5.69 Å². The van der Waals surface area contributed by atoms with Gasteiger partial charge in [-0.15, -0.1) is 0 Å². The number of hydrogen-bond acceptors (Lipinski definition) is 4. The fourth-order valence-corrected chi connectivity index (χ4v) is 1.47. The predicted octanol–water partition coefficient (Wildman–Crippen LogP) is 0.600. The summed E-state index contributed by atoms with van der Waals surface area (Å²) < 4.78 is 0. The Bertz CT molecular complexity index is 350. The van der Waals surface area contributed by atoms with Crippen molar-refractivity contribution in [3.63, 3.8) is 0 Å². The zero-order valence-electron chi connectivity index (χ0n) is 7.38. The first-order valence-corrected chi connectivity index (χ1v) is 4.33. The Morgan fingerprint density at radius 3 is 2.50 bits per heavy atom. The Balaban J connectivity index is 2.11. The number of hydrogen-bond donors (Lipinski definition) is 2. The van der Waals surface area contributed by atoms with Crippen molar-refractivity contribution in [3.05, 3.63) is 39.9 Å². The summed E-state index contributed by atoms with van der Waals surface area (Å²) in [5.41, 5.74) is 1.07. The van der Waals surface area contributed by atoms with Crippen LogP contribution in [0.4, 0.5) is 5.69 Å². The molecule has 74 valence electrons. The summed E-state index contributed by atoms with van der Waals surface area (Å²) in [6.45, 7) is 0.0989.